The van der Waals surface area contributed by atoms with E-state index in [-0.39, 0.29) is 11.9 Å². The summed E-state index contributed by atoms with van der Waals surface area (Å²) in [5, 5.41) is 6.32. The van der Waals surface area contributed by atoms with Gasteiger partial charge in [-0.1, -0.05) is 17.7 Å². The van der Waals surface area contributed by atoms with Crippen molar-refractivity contribution in [2.24, 2.45) is 0 Å². The summed E-state index contributed by atoms with van der Waals surface area (Å²) < 4.78 is 0. The lowest BCUT2D eigenvalue weighted by molar-refractivity contribution is -0.117. The van der Waals surface area contributed by atoms with E-state index in [1.165, 1.54) is 0 Å². The second-order valence-corrected chi connectivity index (χ2v) is 3.38. The van der Waals surface area contributed by atoms with Crippen molar-refractivity contribution < 1.29 is 4.79 Å². The maximum atomic E-state index is 11.4. The first kappa shape index (κ1) is 8.53. The third-order valence-electron chi connectivity index (χ3n) is 2.14. The average Bonchev–Trinajstić information content (AvgIpc) is 2.39. The SMILES string of the molecule is CNC1C(=O)Nc2cc(Cl)ccc21. The third-order valence-corrected chi connectivity index (χ3v) is 2.37. The molecular formula is C9H9ClN2O. The highest BCUT2D eigenvalue weighted by Crippen LogP contribution is 2.32. The van der Waals surface area contributed by atoms with E-state index in [1.807, 2.05) is 6.07 Å². The Morgan fingerprint density at radius 1 is 1.54 bits per heavy atom. The monoisotopic (exact) mass is 196 g/mol. The van der Waals surface area contributed by atoms with Crippen LogP contribution in [0.5, 0.6) is 0 Å². The van der Waals surface area contributed by atoms with Gasteiger partial charge in [0, 0.05) is 16.3 Å². The number of anilines is 1. The van der Waals surface area contributed by atoms with Gasteiger partial charge < -0.3 is 10.6 Å². The van der Waals surface area contributed by atoms with Gasteiger partial charge >= 0.3 is 0 Å². The van der Waals surface area contributed by atoms with Gasteiger partial charge in [-0.05, 0) is 19.2 Å². The largest absolute Gasteiger partial charge is 0.324 e. The van der Waals surface area contributed by atoms with Gasteiger partial charge in [-0.3, -0.25) is 4.79 Å². The van der Waals surface area contributed by atoms with Crippen LogP contribution in [0.1, 0.15) is 11.6 Å². The lowest BCUT2D eigenvalue weighted by atomic mass is 10.1. The number of halogens is 1. The number of hydrogen-bond donors (Lipinski definition) is 2. The van der Waals surface area contributed by atoms with E-state index >= 15 is 0 Å². The van der Waals surface area contributed by atoms with Crippen LogP contribution in [0.25, 0.3) is 0 Å². The van der Waals surface area contributed by atoms with E-state index in [2.05, 4.69) is 10.6 Å². The Balaban J connectivity index is 2.48. The molecule has 0 aromatic heterocycles. The zero-order valence-electron chi connectivity index (χ0n) is 7.10. The molecule has 1 aliphatic heterocycles. The van der Waals surface area contributed by atoms with Gasteiger partial charge in [0.15, 0.2) is 0 Å². The van der Waals surface area contributed by atoms with Crippen molar-refractivity contribution in [2.45, 2.75) is 6.04 Å². The minimum absolute atomic E-state index is 0.0280. The molecule has 2 rings (SSSR count). The number of carbonyl (C=O) groups excluding carboxylic acids is 1. The molecule has 0 bridgehead atoms. The Labute approximate surface area is 81.1 Å². The summed E-state index contributed by atoms with van der Waals surface area (Å²) in [4.78, 5) is 11.4. The minimum atomic E-state index is -0.243. The lowest BCUT2D eigenvalue weighted by Crippen LogP contribution is -2.23. The lowest BCUT2D eigenvalue weighted by Gasteiger charge is -2.05. The first-order valence-corrected chi connectivity index (χ1v) is 4.38. The molecule has 3 nitrogen and oxygen atoms in total. The molecule has 68 valence electrons. The van der Waals surface area contributed by atoms with E-state index in [9.17, 15) is 4.79 Å². The first-order valence-electron chi connectivity index (χ1n) is 4.00. The number of benzene rings is 1. The van der Waals surface area contributed by atoms with Crippen LogP contribution in [0, 0.1) is 0 Å². The summed E-state index contributed by atoms with van der Waals surface area (Å²) in [6.45, 7) is 0. The van der Waals surface area contributed by atoms with Gasteiger partial charge in [0.1, 0.15) is 6.04 Å². The van der Waals surface area contributed by atoms with E-state index < -0.39 is 0 Å². The molecule has 4 heteroatoms. The summed E-state index contributed by atoms with van der Waals surface area (Å²) in [7, 11) is 1.76. The second kappa shape index (κ2) is 3.01. The first-order chi connectivity index (χ1) is 6.22. The van der Waals surface area contributed by atoms with Crippen molar-refractivity contribution in [2.75, 3.05) is 12.4 Å². The van der Waals surface area contributed by atoms with Gasteiger partial charge in [-0.25, -0.2) is 0 Å². The van der Waals surface area contributed by atoms with Crippen molar-refractivity contribution >= 4 is 23.2 Å². The fourth-order valence-corrected chi connectivity index (χ4v) is 1.69. The van der Waals surface area contributed by atoms with Gasteiger partial charge in [-0.15, -0.1) is 0 Å². The van der Waals surface area contributed by atoms with E-state index in [1.54, 1.807) is 19.2 Å². The molecule has 1 heterocycles. The zero-order chi connectivity index (χ0) is 9.42. The Hall–Kier alpha value is -1.06. The average molecular weight is 197 g/mol. The van der Waals surface area contributed by atoms with Crippen molar-refractivity contribution in [3.05, 3.63) is 28.8 Å². The number of carbonyl (C=O) groups is 1. The molecule has 1 aliphatic rings. The molecule has 13 heavy (non-hydrogen) atoms. The van der Waals surface area contributed by atoms with E-state index in [0.29, 0.717) is 5.02 Å². The molecule has 0 fully saturated rings. The Bertz CT molecular complexity index is 365. The highest BCUT2D eigenvalue weighted by atomic mass is 35.5. The normalized spacial score (nSPS) is 19.8. The number of amides is 1. The van der Waals surface area contributed by atoms with Gasteiger partial charge in [-0.2, -0.15) is 0 Å². The van der Waals surface area contributed by atoms with Gasteiger partial charge in [0.2, 0.25) is 5.91 Å². The highest BCUT2D eigenvalue weighted by molar-refractivity contribution is 6.31. The molecule has 2 N–H and O–H groups in total. The van der Waals surface area contributed by atoms with Crippen molar-refractivity contribution in [3.8, 4) is 0 Å². The maximum Gasteiger partial charge on any atom is 0.246 e. The summed E-state index contributed by atoms with van der Waals surface area (Å²) in [6, 6.07) is 5.15. The van der Waals surface area contributed by atoms with Crippen LogP contribution in [0.4, 0.5) is 5.69 Å². The molecule has 1 unspecified atom stereocenters. The number of nitrogens with one attached hydrogen (secondary N) is 2. The number of hydrogen-bond acceptors (Lipinski definition) is 2. The number of likely N-dealkylation sites (N-methyl/N-ethyl adjacent to an activating group) is 1. The molecule has 1 aromatic rings. The van der Waals surface area contributed by atoms with Crippen molar-refractivity contribution in [3.63, 3.8) is 0 Å². The summed E-state index contributed by atoms with van der Waals surface area (Å²) in [6.07, 6.45) is 0. The predicted octanol–water partition coefficient (Wildman–Crippen LogP) is 1.55. The Morgan fingerprint density at radius 3 is 3.00 bits per heavy atom. The summed E-state index contributed by atoms with van der Waals surface area (Å²) >= 11 is 5.79. The standard InChI is InChI=1S/C9H9ClN2O/c1-11-8-6-3-2-5(10)4-7(6)12-9(8)13/h2-4,8,11H,1H3,(H,12,13). The van der Waals surface area contributed by atoms with Crippen LogP contribution in [0.15, 0.2) is 18.2 Å². The van der Waals surface area contributed by atoms with Crippen LogP contribution < -0.4 is 10.6 Å². The zero-order valence-corrected chi connectivity index (χ0v) is 7.85. The molecular weight excluding hydrogens is 188 g/mol. The Kier molecular flexibility index (Phi) is 1.98. The Morgan fingerprint density at radius 2 is 2.31 bits per heavy atom. The fraction of sp³-hybridized carbons (Fsp3) is 0.222. The van der Waals surface area contributed by atoms with Crippen LogP contribution in [-0.4, -0.2) is 13.0 Å². The van der Waals surface area contributed by atoms with Gasteiger partial charge in [0.25, 0.3) is 0 Å². The van der Waals surface area contributed by atoms with E-state index in [4.69, 9.17) is 11.6 Å². The molecule has 0 saturated heterocycles. The van der Waals surface area contributed by atoms with Crippen LogP contribution in [0.3, 0.4) is 0 Å². The predicted molar refractivity (Wildman–Crippen MR) is 51.9 cm³/mol. The molecule has 1 aromatic carbocycles. The summed E-state index contributed by atoms with van der Waals surface area (Å²) in [5.41, 5.74) is 1.76. The summed E-state index contributed by atoms with van der Waals surface area (Å²) in [5.74, 6) is -0.0280. The van der Waals surface area contributed by atoms with Crippen LogP contribution >= 0.6 is 11.6 Å². The van der Waals surface area contributed by atoms with Crippen LogP contribution in [-0.2, 0) is 4.79 Å². The topological polar surface area (TPSA) is 41.1 Å². The van der Waals surface area contributed by atoms with Crippen LogP contribution in [0.2, 0.25) is 5.02 Å². The molecule has 1 atom stereocenters. The third kappa shape index (κ3) is 1.30. The molecule has 0 aliphatic carbocycles. The van der Waals surface area contributed by atoms with Crippen molar-refractivity contribution in [1.29, 1.82) is 0 Å². The second-order valence-electron chi connectivity index (χ2n) is 2.94. The highest BCUT2D eigenvalue weighted by Gasteiger charge is 2.28. The van der Waals surface area contributed by atoms with E-state index in [0.717, 1.165) is 11.3 Å². The van der Waals surface area contributed by atoms with Crippen molar-refractivity contribution in [1.82, 2.24) is 5.32 Å². The molecule has 0 radical (unpaired) electrons. The molecule has 1 amide bonds. The minimum Gasteiger partial charge on any atom is -0.324 e. The maximum absolute atomic E-state index is 11.4. The number of rotatable bonds is 1. The fourth-order valence-electron chi connectivity index (χ4n) is 1.52. The quantitative estimate of drug-likeness (QED) is 0.716. The molecule has 0 spiro atoms. The van der Waals surface area contributed by atoms with Gasteiger partial charge in [0.05, 0.1) is 0 Å². The number of fused-ring (bicyclic) bond motifs is 1. The smallest absolute Gasteiger partial charge is 0.246 e. The molecule has 0 saturated carbocycles.